The van der Waals surface area contributed by atoms with Gasteiger partial charge in [-0.2, -0.15) is 0 Å². The number of hydrogen-bond acceptors (Lipinski definition) is 9. The third kappa shape index (κ3) is 15.8. The number of rotatable bonds is 32. The van der Waals surface area contributed by atoms with Crippen LogP contribution in [0, 0.1) is 0 Å². The van der Waals surface area contributed by atoms with Crippen molar-refractivity contribution >= 4 is 5.91 Å². The number of hydrogen-bond donors (Lipinski definition) is 3. The number of unbranched alkanes of at least 4 members (excludes halogenated alkanes) is 14. The molecule has 360 valence electrons. The van der Waals surface area contributed by atoms with Crippen molar-refractivity contribution in [3.05, 3.63) is 141 Å². The van der Waals surface area contributed by atoms with Gasteiger partial charge in [0.2, 0.25) is 5.91 Å². The molecule has 1 aliphatic heterocycles. The first kappa shape index (κ1) is 52.0. The summed E-state index contributed by atoms with van der Waals surface area (Å²) >= 11 is 0. The van der Waals surface area contributed by atoms with Crippen LogP contribution in [-0.4, -0.2) is 72.9 Å². The first-order valence-electron chi connectivity index (χ1n) is 24.5. The molecule has 1 fully saturated rings. The highest BCUT2D eigenvalue weighted by atomic mass is 16.6. The lowest BCUT2D eigenvalue weighted by Crippen LogP contribution is -2.41. The number of nitrogens with zero attached hydrogens (tertiary/aromatic N) is 1. The van der Waals surface area contributed by atoms with Gasteiger partial charge in [0.1, 0.15) is 35.4 Å². The number of amides is 1. The Morgan fingerprint density at radius 3 is 1.89 bits per heavy atom. The fraction of sp³-hybridized carbons (Fsp3) is 0.537. The van der Waals surface area contributed by atoms with E-state index in [9.17, 15) is 19.5 Å². The van der Waals surface area contributed by atoms with Crippen molar-refractivity contribution in [3.8, 4) is 11.5 Å². The molecule has 12 heteroatoms. The van der Waals surface area contributed by atoms with Crippen molar-refractivity contribution in [2.45, 2.75) is 153 Å². The zero-order chi connectivity index (χ0) is 46.8. The maximum atomic E-state index is 13.1. The Kier molecular flexibility index (Phi) is 22.8. The molecule has 3 N–H and O–H groups in total. The molecule has 3 aromatic carbocycles. The number of carbonyl (C=O) groups excluding carboxylic acids is 1. The van der Waals surface area contributed by atoms with Gasteiger partial charge in [0.15, 0.2) is 6.23 Å². The predicted octanol–water partition coefficient (Wildman–Crippen LogP) is 9.92. The van der Waals surface area contributed by atoms with E-state index in [-0.39, 0.29) is 12.5 Å². The lowest BCUT2D eigenvalue weighted by atomic mass is 9.80. The summed E-state index contributed by atoms with van der Waals surface area (Å²) in [5.41, 5.74) is 0.0715. The molecule has 4 atom stereocenters. The molecule has 0 spiro atoms. The zero-order valence-corrected chi connectivity index (χ0v) is 39.6. The van der Waals surface area contributed by atoms with Crippen molar-refractivity contribution in [3.63, 3.8) is 0 Å². The Bertz CT molecular complexity index is 2050. The topological polar surface area (TPSA) is 150 Å². The number of methoxy groups -OCH3 is 2. The normalized spacial score (nSPS) is 17.3. The van der Waals surface area contributed by atoms with Gasteiger partial charge in [0, 0.05) is 31.8 Å². The van der Waals surface area contributed by atoms with Gasteiger partial charge in [-0.3, -0.25) is 19.1 Å². The molecular formula is C54H75N3O9. The van der Waals surface area contributed by atoms with Crippen molar-refractivity contribution in [2.24, 2.45) is 0 Å². The molecule has 1 aliphatic rings. The van der Waals surface area contributed by atoms with Gasteiger partial charge in [0.25, 0.3) is 5.56 Å². The van der Waals surface area contributed by atoms with E-state index in [0.29, 0.717) is 37.5 Å². The van der Waals surface area contributed by atoms with Crippen molar-refractivity contribution in [1.29, 1.82) is 0 Å². The van der Waals surface area contributed by atoms with Crippen LogP contribution in [0.2, 0.25) is 0 Å². The number of carbonyl (C=O) groups is 1. The summed E-state index contributed by atoms with van der Waals surface area (Å²) in [6, 6.07) is 26.3. The Hall–Kier alpha value is -5.01. The van der Waals surface area contributed by atoms with Crippen LogP contribution in [-0.2, 0) is 24.6 Å². The predicted molar refractivity (Wildman–Crippen MR) is 260 cm³/mol. The second-order valence-electron chi connectivity index (χ2n) is 17.3. The van der Waals surface area contributed by atoms with Crippen LogP contribution < -0.4 is 26.0 Å². The van der Waals surface area contributed by atoms with Gasteiger partial charge in [-0.25, -0.2) is 4.79 Å². The van der Waals surface area contributed by atoms with Crippen LogP contribution in [0.1, 0.15) is 145 Å². The summed E-state index contributed by atoms with van der Waals surface area (Å²) in [7, 11) is 3.23. The van der Waals surface area contributed by atoms with E-state index in [4.69, 9.17) is 23.7 Å². The van der Waals surface area contributed by atoms with Gasteiger partial charge < -0.3 is 34.1 Å². The molecule has 0 saturated carbocycles. The van der Waals surface area contributed by atoms with Crippen molar-refractivity contribution in [1.82, 2.24) is 14.9 Å². The minimum absolute atomic E-state index is 0.0917. The maximum absolute atomic E-state index is 13.1. The maximum Gasteiger partial charge on any atom is 0.330 e. The molecule has 2 heterocycles. The first-order chi connectivity index (χ1) is 32.3. The molecule has 1 aromatic heterocycles. The van der Waals surface area contributed by atoms with Crippen LogP contribution >= 0.6 is 0 Å². The summed E-state index contributed by atoms with van der Waals surface area (Å²) < 4.78 is 32.0. The highest BCUT2D eigenvalue weighted by Gasteiger charge is 2.48. The Balaban J connectivity index is 1.09. The number of aliphatic hydroxyl groups is 1. The minimum Gasteiger partial charge on any atom is -0.497 e. The van der Waals surface area contributed by atoms with Crippen LogP contribution in [0.15, 0.2) is 113 Å². The van der Waals surface area contributed by atoms with E-state index < -0.39 is 41.4 Å². The molecule has 0 radical (unpaired) electrons. The van der Waals surface area contributed by atoms with Crippen LogP contribution in [0.25, 0.3) is 0 Å². The van der Waals surface area contributed by atoms with Gasteiger partial charge in [-0.15, -0.1) is 0 Å². The molecular weight excluding hydrogens is 835 g/mol. The largest absolute Gasteiger partial charge is 0.497 e. The van der Waals surface area contributed by atoms with Crippen LogP contribution in [0.4, 0.5) is 0 Å². The van der Waals surface area contributed by atoms with Crippen molar-refractivity contribution < 1.29 is 33.6 Å². The molecule has 12 nitrogen and oxygen atoms in total. The average molecular weight is 910 g/mol. The third-order valence-corrected chi connectivity index (χ3v) is 12.4. The molecule has 0 bridgehead atoms. The molecule has 1 amide bonds. The Morgan fingerprint density at radius 1 is 0.727 bits per heavy atom. The zero-order valence-electron chi connectivity index (χ0n) is 39.6. The Morgan fingerprint density at radius 2 is 1.29 bits per heavy atom. The number of nitrogens with one attached hydrogen (secondary N) is 2. The third-order valence-electron chi connectivity index (χ3n) is 12.4. The van der Waals surface area contributed by atoms with Crippen LogP contribution in [0.5, 0.6) is 11.5 Å². The van der Waals surface area contributed by atoms with E-state index in [1.165, 1.54) is 81.0 Å². The lowest BCUT2D eigenvalue weighted by molar-refractivity contribution is -0.121. The van der Waals surface area contributed by atoms with Gasteiger partial charge in [-0.05, 0) is 85.9 Å². The van der Waals surface area contributed by atoms with E-state index in [0.717, 1.165) is 55.2 Å². The van der Waals surface area contributed by atoms with Gasteiger partial charge in [-0.1, -0.05) is 138 Å². The second kappa shape index (κ2) is 28.9. The van der Waals surface area contributed by atoms with Crippen molar-refractivity contribution in [2.75, 3.05) is 34.0 Å². The highest BCUT2D eigenvalue weighted by molar-refractivity contribution is 5.75. The Labute approximate surface area is 392 Å². The molecule has 1 saturated heterocycles. The van der Waals surface area contributed by atoms with E-state index in [1.807, 2.05) is 78.9 Å². The lowest BCUT2D eigenvalue weighted by Gasteiger charge is -2.37. The number of aromatic amines is 1. The fourth-order valence-corrected chi connectivity index (χ4v) is 8.64. The number of aromatic nitrogens is 2. The van der Waals surface area contributed by atoms with E-state index in [2.05, 4.69) is 29.4 Å². The number of benzene rings is 3. The number of aliphatic hydroxyl groups excluding tert-OH is 1. The van der Waals surface area contributed by atoms with E-state index in [1.54, 1.807) is 14.2 Å². The van der Waals surface area contributed by atoms with Gasteiger partial charge in [0.05, 0.1) is 20.8 Å². The average Bonchev–Trinajstić information content (AvgIpc) is 3.65. The smallest absolute Gasteiger partial charge is 0.330 e. The summed E-state index contributed by atoms with van der Waals surface area (Å²) in [5.74, 6) is 1.48. The quantitative estimate of drug-likeness (QED) is 0.0247. The molecule has 0 aliphatic carbocycles. The summed E-state index contributed by atoms with van der Waals surface area (Å²) in [6.07, 6.45) is 21.9. The van der Waals surface area contributed by atoms with Crippen LogP contribution in [0.3, 0.4) is 0 Å². The summed E-state index contributed by atoms with van der Waals surface area (Å²) in [4.78, 5) is 39.8. The monoisotopic (exact) mass is 910 g/mol. The highest BCUT2D eigenvalue weighted by Crippen LogP contribution is 2.43. The summed E-state index contributed by atoms with van der Waals surface area (Å²) in [6.45, 7) is 3.11. The second-order valence-corrected chi connectivity index (χ2v) is 17.3. The molecule has 5 rings (SSSR count). The number of allylic oxidation sites excluding steroid dienone is 2. The molecule has 4 aromatic rings. The SMILES string of the molecule is CCCCCCCC/C=C\CCCCCCCC(=O)NCCCCCCO[C@H]1C(O)[C@@H](COC(c2ccccc2)(c2ccc(OC)cc2)c2ccc(OC)cc2)O[C@H]1n1ccc(=O)[nH]c1=O. The standard InChI is InChI=1S/C54H75N3O9/c1-4-5-6-7-8-9-10-11-12-13-14-15-16-17-23-28-48(58)55-38-24-18-19-25-40-64-51-50(60)47(66-52(51)57-39-37-49(59)56-53(57)61)41-65-54(42-26-21-20-22-27-42,43-29-33-45(62-2)34-30-43)44-31-35-46(63-3)36-32-44/h11-12,20-22,26-27,29-37,39,47,50-52,60H,4-10,13-19,23-25,28,38,40-41H2,1-3H3,(H,55,58)(H,56,59,61)/b12-11-/t47-,50?,51+,52-/m1/s1. The molecule has 66 heavy (non-hydrogen) atoms. The molecule has 1 unspecified atom stereocenters. The first-order valence-corrected chi connectivity index (χ1v) is 24.5. The fourth-order valence-electron chi connectivity index (χ4n) is 8.64. The summed E-state index contributed by atoms with van der Waals surface area (Å²) in [5, 5.41) is 15.0. The minimum atomic E-state index is -1.19. The number of H-pyrrole nitrogens is 1. The number of ether oxygens (including phenoxy) is 5. The van der Waals surface area contributed by atoms with Gasteiger partial charge >= 0.3 is 5.69 Å². The van der Waals surface area contributed by atoms with E-state index >= 15 is 0 Å².